The Hall–Kier alpha value is -6.07. The Morgan fingerprint density at radius 3 is 2.30 bits per heavy atom. The van der Waals surface area contributed by atoms with E-state index < -0.39 is 38.2 Å². The van der Waals surface area contributed by atoms with E-state index in [-0.39, 0.29) is 28.4 Å². The van der Waals surface area contributed by atoms with Gasteiger partial charge in [0.2, 0.25) is 5.56 Å². The number of amides is 4. The van der Waals surface area contributed by atoms with Gasteiger partial charge in [-0.15, -0.1) is 0 Å². The number of ether oxygens (including phenoxy) is 2. The number of H-pyrrole nitrogens is 1. The fourth-order valence-electron chi connectivity index (χ4n) is 8.51. The highest BCUT2D eigenvalue weighted by Gasteiger charge is 2.40. The van der Waals surface area contributed by atoms with Crippen molar-refractivity contribution in [2.45, 2.75) is 129 Å². The number of carbonyl (C=O) groups excluding carboxylic acids is 2. The zero-order valence-corrected chi connectivity index (χ0v) is 43.5. The number of carbonyl (C=O) groups is 3. The summed E-state index contributed by atoms with van der Waals surface area (Å²) in [4.78, 5) is 55.2. The molecule has 70 heavy (non-hydrogen) atoms. The third-order valence-electron chi connectivity index (χ3n) is 13.1. The van der Waals surface area contributed by atoms with Gasteiger partial charge in [0.05, 0.1) is 35.1 Å². The Morgan fingerprint density at radius 2 is 1.64 bits per heavy atom. The molecule has 1 aromatic heterocycles. The van der Waals surface area contributed by atoms with Crippen LogP contribution < -0.4 is 36.5 Å². The smallest absolute Gasteiger partial charge is 0.412 e. The van der Waals surface area contributed by atoms with Crippen molar-refractivity contribution in [2.24, 2.45) is 0 Å². The van der Waals surface area contributed by atoms with E-state index in [1.54, 1.807) is 31.4 Å². The number of nitrogens with one attached hydrogen (secondary N) is 5. The molecule has 5 aromatic rings. The van der Waals surface area contributed by atoms with Gasteiger partial charge in [-0.2, -0.15) is 0 Å². The lowest BCUT2D eigenvalue weighted by molar-refractivity contribution is 0.0490. The van der Waals surface area contributed by atoms with Crippen LogP contribution in [0.1, 0.15) is 96.4 Å². The number of hydrogen-bond donors (Lipinski definition) is 7. The number of fused-ring (bicyclic) bond motifs is 1. The van der Waals surface area contributed by atoms with Crippen LogP contribution in [0.4, 0.5) is 25.8 Å². The van der Waals surface area contributed by atoms with Gasteiger partial charge < -0.3 is 50.4 Å². The maximum absolute atomic E-state index is 13.2. The van der Waals surface area contributed by atoms with Crippen LogP contribution in [0.25, 0.3) is 22.0 Å². The second-order valence-electron chi connectivity index (χ2n) is 20.4. The number of aromatic nitrogens is 1. The number of phenolic OH excluding ortho intramolecular Hbond substituents is 1. The number of aromatic amines is 1. The van der Waals surface area contributed by atoms with Crippen LogP contribution in [0.5, 0.6) is 11.5 Å². The first-order valence-corrected chi connectivity index (χ1v) is 27.2. The zero-order valence-electron chi connectivity index (χ0n) is 41.8. The number of anilines is 2. The molecule has 0 bridgehead atoms. The second-order valence-corrected chi connectivity index (χ2v) is 25.6. The number of rotatable bonds is 17. The molecule has 0 radical (unpaired) electrons. The highest BCUT2D eigenvalue weighted by atomic mass is 35.5. The summed E-state index contributed by atoms with van der Waals surface area (Å²) in [5, 5.41) is 34.4. The quantitative estimate of drug-likeness (QED) is 0.0347. The molecule has 1 aliphatic rings. The number of urea groups is 1. The molecule has 1 atom stereocenters. The minimum atomic E-state index is -2.31. The summed E-state index contributed by atoms with van der Waals surface area (Å²) in [6.45, 7) is 17.4. The van der Waals surface area contributed by atoms with Gasteiger partial charge in [-0.05, 0) is 118 Å². The summed E-state index contributed by atoms with van der Waals surface area (Å²) < 4.78 is 18.2. The van der Waals surface area contributed by atoms with E-state index in [1.165, 1.54) is 11.0 Å². The summed E-state index contributed by atoms with van der Waals surface area (Å²) in [6, 6.07) is 24.7. The highest BCUT2D eigenvalue weighted by molar-refractivity contribution is 6.74. The van der Waals surface area contributed by atoms with Gasteiger partial charge in [0.25, 0.3) is 0 Å². The van der Waals surface area contributed by atoms with E-state index in [0.717, 1.165) is 27.8 Å². The third-order valence-corrected chi connectivity index (χ3v) is 17.9. The van der Waals surface area contributed by atoms with Gasteiger partial charge >= 0.3 is 18.2 Å². The third kappa shape index (κ3) is 13.8. The van der Waals surface area contributed by atoms with Crippen LogP contribution >= 0.6 is 11.6 Å². The number of pyridine rings is 1. The molecule has 1 fully saturated rings. The predicted octanol–water partition coefficient (Wildman–Crippen LogP) is 11.5. The lowest BCUT2D eigenvalue weighted by Gasteiger charge is -2.39. The van der Waals surface area contributed by atoms with Crippen LogP contribution in [0, 0.1) is 0 Å². The molecule has 376 valence electrons. The van der Waals surface area contributed by atoms with Crippen LogP contribution in [0.3, 0.4) is 0 Å². The number of benzene rings is 4. The first kappa shape index (κ1) is 53.3. The van der Waals surface area contributed by atoms with Gasteiger partial charge in [-0.3, -0.25) is 9.69 Å². The number of carboxylic acid groups (broad SMARTS) is 1. The maximum atomic E-state index is 13.2. The van der Waals surface area contributed by atoms with Gasteiger partial charge in [0, 0.05) is 60.4 Å². The van der Waals surface area contributed by atoms with Crippen LogP contribution in [-0.4, -0.2) is 79.6 Å². The number of hydrogen-bond acceptors (Lipinski definition) is 9. The van der Waals surface area contributed by atoms with Crippen molar-refractivity contribution in [3.8, 4) is 22.6 Å². The zero-order chi connectivity index (χ0) is 51.0. The highest BCUT2D eigenvalue weighted by Crippen LogP contribution is 2.42. The summed E-state index contributed by atoms with van der Waals surface area (Å²) in [6.07, 6.45) is 1.56. The minimum Gasteiger partial charge on any atom is -0.506 e. The van der Waals surface area contributed by atoms with E-state index in [2.05, 4.69) is 60.1 Å². The molecule has 4 aromatic carbocycles. The van der Waals surface area contributed by atoms with Crippen molar-refractivity contribution in [3.05, 3.63) is 117 Å². The number of phenols is 1. The molecule has 0 spiro atoms. The fraction of sp³-hybridized carbons (Fsp3) is 0.434. The van der Waals surface area contributed by atoms with Crippen molar-refractivity contribution < 1.29 is 38.5 Å². The van der Waals surface area contributed by atoms with Crippen LogP contribution in [0.15, 0.2) is 89.7 Å². The second kappa shape index (κ2) is 22.8. The number of aromatic hydroxyl groups is 1. The Balaban J connectivity index is 1.08. The summed E-state index contributed by atoms with van der Waals surface area (Å²) >= 11 is 6.77. The summed E-state index contributed by atoms with van der Waals surface area (Å²) in [5.41, 5.74) is 4.59. The first-order chi connectivity index (χ1) is 33.0. The Bertz CT molecular complexity index is 2690. The standard InChI is InChI=1S/C53H69ClN6O9Si/c1-52(2,3)68-50(64)57-36-18-20-37(21-19-36)60(51(65)66)43-28-33(17-22-38(43)34-15-11-10-12-16-34)14-13-27-56-49(63)58-42-30-45(67-7)35(29-41(42)54)31-55-32-46(69-70(8,9)53(4,5)6)39-23-25-44(61)48-40(39)24-26-47(62)59-48/h10-12,15-17,22-26,28-30,36-37,46,55,61H,13-14,18-21,27,31-32H2,1-9H3,(H,57,64)(H,59,62)(H,65,66)(H2,56,58,63). The van der Waals surface area contributed by atoms with Gasteiger partial charge in [0.1, 0.15) is 17.1 Å². The average Bonchev–Trinajstić information content (AvgIpc) is 3.28. The maximum Gasteiger partial charge on any atom is 0.412 e. The Kier molecular flexibility index (Phi) is 17.3. The fourth-order valence-corrected chi connectivity index (χ4v) is 10.0. The average molecular weight is 998 g/mol. The van der Waals surface area contributed by atoms with Crippen molar-refractivity contribution in [2.75, 3.05) is 30.4 Å². The molecule has 1 saturated carbocycles. The molecular formula is C53H69ClN6O9Si. The lowest BCUT2D eigenvalue weighted by atomic mass is 9.89. The summed E-state index contributed by atoms with van der Waals surface area (Å²) in [7, 11) is -0.762. The number of aryl methyl sites for hydroxylation is 1. The Labute approximate surface area is 416 Å². The van der Waals surface area contributed by atoms with Crippen molar-refractivity contribution in [1.29, 1.82) is 0 Å². The Morgan fingerprint density at radius 1 is 0.929 bits per heavy atom. The van der Waals surface area contributed by atoms with Crippen molar-refractivity contribution in [1.82, 2.24) is 20.9 Å². The number of alkyl carbamates (subject to hydrolysis) is 1. The van der Waals surface area contributed by atoms with Crippen LogP contribution in [0.2, 0.25) is 23.2 Å². The monoisotopic (exact) mass is 996 g/mol. The molecule has 7 N–H and O–H groups in total. The minimum absolute atomic E-state index is 0.0226. The molecule has 1 unspecified atom stereocenters. The normalized spacial score (nSPS) is 15.7. The van der Waals surface area contributed by atoms with E-state index in [0.29, 0.717) is 91.2 Å². The van der Waals surface area contributed by atoms with Gasteiger partial charge in [-0.1, -0.05) is 80.9 Å². The molecule has 4 amide bonds. The lowest BCUT2D eigenvalue weighted by Crippen LogP contribution is -2.47. The molecule has 0 aliphatic heterocycles. The predicted molar refractivity (Wildman–Crippen MR) is 280 cm³/mol. The SMILES string of the molecule is COc1cc(NC(=O)NCCCc2ccc(-c3ccccc3)c(N(C(=O)O)C3CCC(NC(=O)OC(C)(C)C)CC3)c2)c(Cl)cc1CNCC(O[Si](C)(C)C(C)(C)C)c1ccc(O)c2[nH]c(=O)ccc12. The molecule has 1 aliphatic carbocycles. The molecule has 15 nitrogen and oxygen atoms in total. The molecular weight excluding hydrogens is 928 g/mol. The molecule has 6 rings (SSSR count). The molecule has 0 saturated heterocycles. The largest absolute Gasteiger partial charge is 0.506 e. The van der Waals surface area contributed by atoms with E-state index in [1.807, 2.05) is 75.4 Å². The van der Waals surface area contributed by atoms with Gasteiger partial charge in [0.15, 0.2) is 8.32 Å². The summed E-state index contributed by atoms with van der Waals surface area (Å²) in [5.74, 6) is 0.489. The van der Waals surface area contributed by atoms with Crippen LogP contribution in [-0.2, 0) is 22.1 Å². The number of nitrogens with zero attached hydrogens (tertiary/aromatic N) is 1. The van der Waals surface area contributed by atoms with E-state index in [9.17, 15) is 29.4 Å². The molecule has 1 heterocycles. The molecule has 17 heteroatoms. The number of methoxy groups -OCH3 is 1. The van der Waals surface area contributed by atoms with E-state index in [4.69, 9.17) is 25.5 Å². The number of halogens is 1. The van der Waals surface area contributed by atoms with Crippen molar-refractivity contribution in [3.63, 3.8) is 0 Å². The van der Waals surface area contributed by atoms with Crippen molar-refractivity contribution >= 4 is 60.4 Å². The first-order valence-electron chi connectivity index (χ1n) is 23.9. The van der Waals surface area contributed by atoms with Gasteiger partial charge in [-0.25, -0.2) is 14.4 Å². The topological polar surface area (TPSA) is 204 Å². The van der Waals surface area contributed by atoms with E-state index >= 15 is 0 Å².